The van der Waals surface area contributed by atoms with Gasteiger partial charge < -0.3 is 0 Å². The summed E-state index contributed by atoms with van der Waals surface area (Å²) < 4.78 is 3.70. The zero-order valence-corrected chi connectivity index (χ0v) is 17.1. The molecule has 1 radical (unpaired) electrons. The van der Waals surface area contributed by atoms with E-state index in [2.05, 4.69) is 86.3 Å². The summed E-state index contributed by atoms with van der Waals surface area (Å²) in [5.74, 6) is 0. The van der Waals surface area contributed by atoms with Crippen molar-refractivity contribution in [3.05, 3.63) is 33.6 Å². The van der Waals surface area contributed by atoms with Crippen molar-refractivity contribution < 1.29 is 0 Å². The van der Waals surface area contributed by atoms with Crippen LogP contribution in [0.1, 0.15) is 19.4 Å². The van der Waals surface area contributed by atoms with E-state index in [-0.39, 0.29) is 0 Å². The molecule has 2 rings (SSSR count). The number of rotatable bonds is 1. The quantitative estimate of drug-likeness (QED) is 0.473. The molecular weight excluding hydrogens is 525 g/mol. The molecule has 0 saturated carbocycles. The topological polar surface area (TPSA) is 3.24 Å². The van der Waals surface area contributed by atoms with Crippen molar-refractivity contribution in [2.24, 2.45) is 0 Å². The van der Waals surface area contributed by atoms with Crippen molar-refractivity contribution in [2.75, 3.05) is 11.4 Å². The van der Waals surface area contributed by atoms with Gasteiger partial charge in [0.05, 0.1) is 0 Å². The number of halogens is 3. The summed E-state index contributed by atoms with van der Waals surface area (Å²) in [5, 5.41) is 0. The van der Waals surface area contributed by atoms with Crippen molar-refractivity contribution in [1.29, 1.82) is 0 Å². The number of aryl methyl sites for hydroxylation is 1. The van der Waals surface area contributed by atoms with Crippen LogP contribution >= 0.6 is 38.3 Å². The van der Waals surface area contributed by atoms with Crippen LogP contribution in [0.15, 0.2) is 28.0 Å². The van der Waals surface area contributed by atoms with Crippen molar-refractivity contribution in [2.45, 2.75) is 20.8 Å². The Morgan fingerprint density at radius 3 is 2.41 bits per heavy atom. The summed E-state index contributed by atoms with van der Waals surface area (Å²) in [5.41, 5.74) is 3.91. The van der Waals surface area contributed by atoms with Crippen molar-refractivity contribution >= 4 is 57.7 Å². The van der Waals surface area contributed by atoms with Crippen LogP contribution in [0.4, 0.5) is 5.69 Å². The number of allylic oxidation sites excluding steroid dienone is 1. The molecule has 0 aromatic heterocycles. The van der Waals surface area contributed by atoms with Crippen LogP contribution in [0, 0.1) is 6.92 Å². The molecule has 1 aliphatic heterocycles. The first-order valence-electron chi connectivity index (χ1n) is 5.40. The third-order valence-corrected chi connectivity index (χ3v) is 18.9. The molecule has 1 aliphatic rings. The van der Waals surface area contributed by atoms with E-state index in [0.29, 0.717) is 0 Å². The maximum atomic E-state index is 3.94. The fraction of sp³-hybridized carbons (Fsp3) is 0.333. The monoisotopic (exact) mass is 540 g/mol. The van der Waals surface area contributed by atoms with Crippen molar-refractivity contribution in [3.8, 4) is 0 Å². The van der Waals surface area contributed by atoms with Gasteiger partial charge in [-0.05, 0) is 0 Å². The van der Waals surface area contributed by atoms with Gasteiger partial charge in [-0.25, -0.2) is 0 Å². The molecule has 0 saturated heterocycles. The summed E-state index contributed by atoms with van der Waals surface area (Å²) in [4.78, 5) is 2.36. The van der Waals surface area contributed by atoms with Gasteiger partial charge in [-0.1, -0.05) is 0 Å². The second-order valence-corrected chi connectivity index (χ2v) is 55.3. The zero-order chi connectivity index (χ0) is 12.9. The molecular formula is C12H15Br3NTe. The first-order valence-corrected chi connectivity index (χ1v) is 23.6. The molecule has 0 spiro atoms. The first kappa shape index (κ1) is 14.4. The molecule has 0 N–H and O–H groups in total. The predicted molar refractivity (Wildman–Crippen MR) is 90.1 cm³/mol. The second-order valence-electron chi connectivity index (χ2n) is 4.27. The van der Waals surface area contributed by atoms with E-state index in [9.17, 15) is 0 Å². The minimum absolute atomic E-state index is 0.995. The Morgan fingerprint density at radius 1 is 1.18 bits per heavy atom. The van der Waals surface area contributed by atoms with E-state index in [0.717, 1.165) is 6.54 Å². The van der Waals surface area contributed by atoms with Gasteiger partial charge in [0, 0.05) is 0 Å². The molecule has 0 amide bonds. The summed E-state index contributed by atoms with van der Waals surface area (Å²) in [6.07, 6.45) is 0. The first-order chi connectivity index (χ1) is 7.73. The number of benzene rings is 1. The summed E-state index contributed by atoms with van der Waals surface area (Å²) in [6, 6.07) is 6.67. The number of fused-ring (bicyclic) bond motifs is 1. The average molecular weight is 541 g/mol. The molecule has 0 bridgehead atoms. The van der Waals surface area contributed by atoms with E-state index in [1.165, 1.54) is 20.6 Å². The van der Waals surface area contributed by atoms with E-state index in [4.69, 9.17) is 0 Å². The number of hydrogen-bond acceptors (Lipinski definition) is 1. The zero-order valence-electron chi connectivity index (χ0n) is 10.0. The van der Waals surface area contributed by atoms with Gasteiger partial charge in [0.2, 0.25) is 0 Å². The van der Waals surface area contributed by atoms with Crippen LogP contribution in [-0.2, 0) is 0 Å². The Kier molecular flexibility index (Phi) is 3.83. The van der Waals surface area contributed by atoms with E-state index >= 15 is 0 Å². The third kappa shape index (κ3) is 2.65. The fourth-order valence-corrected chi connectivity index (χ4v) is 17.8. The van der Waals surface area contributed by atoms with E-state index in [1.807, 2.05) is 0 Å². The molecule has 0 unspecified atom stereocenters. The molecule has 1 aromatic rings. The van der Waals surface area contributed by atoms with Gasteiger partial charge in [-0.2, -0.15) is 0 Å². The van der Waals surface area contributed by atoms with E-state index < -0.39 is 10.2 Å². The molecule has 5 heteroatoms. The van der Waals surface area contributed by atoms with Crippen LogP contribution in [0.25, 0.3) is 0 Å². The van der Waals surface area contributed by atoms with Crippen LogP contribution in [-0.4, -0.2) is 16.7 Å². The molecule has 0 aliphatic carbocycles. The molecule has 1 aromatic carbocycles. The normalized spacial score (nSPS) is 23.3. The number of hydrogen-bond donors (Lipinski definition) is 0. The molecule has 1 nitrogen and oxygen atoms in total. The molecule has 1 heterocycles. The van der Waals surface area contributed by atoms with Crippen LogP contribution in [0.3, 0.4) is 0 Å². The van der Waals surface area contributed by atoms with Gasteiger partial charge in [0.1, 0.15) is 0 Å². The molecule has 0 atom stereocenters. The maximum absolute atomic E-state index is 3.94. The van der Waals surface area contributed by atoms with Crippen molar-refractivity contribution in [1.82, 2.24) is 0 Å². The van der Waals surface area contributed by atoms with Crippen LogP contribution in [0.5, 0.6) is 0 Å². The fourth-order valence-electron chi connectivity index (χ4n) is 2.15. The van der Waals surface area contributed by atoms with Crippen LogP contribution in [0.2, 0.25) is 0 Å². The molecule has 17 heavy (non-hydrogen) atoms. The Labute approximate surface area is 122 Å². The predicted octanol–water partition coefficient (Wildman–Crippen LogP) is 4.56. The Morgan fingerprint density at radius 2 is 1.82 bits per heavy atom. The van der Waals surface area contributed by atoms with Crippen LogP contribution < -0.4 is 8.51 Å². The summed E-state index contributed by atoms with van der Waals surface area (Å²) in [6.45, 7) is 7.49. The van der Waals surface area contributed by atoms with Gasteiger partial charge >= 0.3 is 124 Å². The number of nitrogens with zero attached hydrogens (tertiary/aromatic N) is 1. The van der Waals surface area contributed by atoms with Gasteiger partial charge in [0.25, 0.3) is 0 Å². The minimum atomic E-state index is -3.15. The Hall–Kier alpha value is 0.990. The summed E-state index contributed by atoms with van der Waals surface area (Å²) >= 11 is 11.8. The molecule has 0 fully saturated rings. The Balaban J connectivity index is 2.75. The van der Waals surface area contributed by atoms with Gasteiger partial charge in [-0.15, -0.1) is 0 Å². The number of anilines is 1. The standard InChI is InChI=1S/C12H15Br3NTe/c1-4-16-10(3)8-17(13,14,15)12-6-5-9(2)7-11(12)16/h5-8H,4H2,1-3H3. The molecule has 95 valence electrons. The Bertz CT molecular complexity index is 502. The van der Waals surface area contributed by atoms with E-state index in [1.54, 1.807) is 0 Å². The summed E-state index contributed by atoms with van der Waals surface area (Å²) in [7, 11) is -3.15. The SMILES string of the molecule is CCN1C(C)=C[Te](Br)(Br)(Br)c2ccc(C)cc21. The van der Waals surface area contributed by atoms with Gasteiger partial charge in [-0.3, -0.25) is 0 Å². The van der Waals surface area contributed by atoms with Crippen molar-refractivity contribution in [3.63, 3.8) is 0 Å². The second kappa shape index (κ2) is 4.52. The third-order valence-electron chi connectivity index (χ3n) is 2.89. The van der Waals surface area contributed by atoms with Gasteiger partial charge in [0.15, 0.2) is 0 Å². The average Bonchev–Trinajstić information content (AvgIpc) is 2.14.